The monoisotopic (exact) mass is 548 g/mol. The molecule has 0 aromatic rings. The highest BCUT2D eigenvalue weighted by Crippen LogP contribution is 2.37. The van der Waals surface area contributed by atoms with Crippen molar-refractivity contribution in [2.24, 2.45) is 43.6 Å². The molecule has 39 heavy (non-hydrogen) atoms. The Morgan fingerprint density at radius 3 is 2.56 bits per heavy atom. The maximum Gasteiger partial charge on any atom is 0.429 e. The first-order chi connectivity index (χ1) is 18.7. The van der Waals surface area contributed by atoms with Gasteiger partial charge in [-0.1, -0.05) is 6.92 Å². The van der Waals surface area contributed by atoms with Gasteiger partial charge in [0.2, 0.25) is 5.91 Å². The summed E-state index contributed by atoms with van der Waals surface area (Å²) in [6.07, 6.45) is 4.92. The van der Waals surface area contributed by atoms with Crippen LogP contribution in [0.5, 0.6) is 0 Å². The zero-order valence-corrected chi connectivity index (χ0v) is 22.5. The number of piperazine rings is 1. The van der Waals surface area contributed by atoms with Crippen molar-refractivity contribution in [1.82, 2.24) is 20.4 Å². The van der Waals surface area contributed by atoms with Crippen molar-refractivity contribution < 1.29 is 18.0 Å². The number of guanidine groups is 1. The Balaban J connectivity index is 0.991. The summed E-state index contributed by atoms with van der Waals surface area (Å²) in [5.41, 5.74) is -0.720. The molecule has 2 aliphatic carbocycles. The minimum atomic E-state index is -4.42. The van der Waals surface area contributed by atoms with Crippen molar-refractivity contribution in [3.63, 3.8) is 0 Å². The molecule has 0 radical (unpaired) electrons. The number of nitrogens with one attached hydrogen (secondary N) is 2. The van der Waals surface area contributed by atoms with Crippen LogP contribution in [0.2, 0.25) is 0 Å². The van der Waals surface area contributed by atoms with Gasteiger partial charge in [0.15, 0.2) is 5.96 Å². The fourth-order valence-corrected chi connectivity index (χ4v) is 7.03. The molecule has 0 spiro atoms. The molecule has 12 heteroatoms. The van der Waals surface area contributed by atoms with E-state index in [1.165, 1.54) is 0 Å². The largest absolute Gasteiger partial charge is 0.429 e. The van der Waals surface area contributed by atoms with Crippen LogP contribution in [0.1, 0.15) is 51.9 Å². The average molecular weight is 549 g/mol. The van der Waals surface area contributed by atoms with Gasteiger partial charge in [-0.05, 0) is 56.8 Å². The lowest BCUT2D eigenvalue weighted by Gasteiger charge is -2.37. The van der Waals surface area contributed by atoms with Gasteiger partial charge >= 0.3 is 6.18 Å². The van der Waals surface area contributed by atoms with Gasteiger partial charge in [0.05, 0.1) is 6.04 Å². The molecule has 7 atom stereocenters. The summed E-state index contributed by atoms with van der Waals surface area (Å²) < 4.78 is 40.2. The third-order valence-corrected chi connectivity index (χ3v) is 9.35. The van der Waals surface area contributed by atoms with Gasteiger partial charge in [-0.15, -0.1) is 0 Å². The van der Waals surface area contributed by atoms with E-state index >= 15 is 0 Å². The fraction of sp³-hybridized carbons (Fsp3) is 0.815. The Hall–Kier alpha value is -2.50. The number of carbonyl (C=O) groups is 1. The van der Waals surface area contributed by atoms with Crippen molar-refractivity contribution in [3.8, 4) is 0 Å². The van der Waals surface area contributed by atoms with Crippen LogP contribution in [0.15, 0.2) is 20.0 Å². The van der Waals surface area contributed by atoms with Crippen LogP contribution < -0.4 is 10.6 Å². The Morgan fingerprint density at radius 1 is 1.05 bits per heavy atom. The van der Waals surface area contributed by atoms with E-state index in [9.17, 15) is 18.0 Å². The summed E-state index contributed by atoms with van der Waals surface area (Å²) in [5.74, 6) is 1.19. The van der Waals surface area contributed by atoms with Crippen LogP contribution in [0.3, 0.4) is 0 Å². The van der Waals surface area contributed by atoms with E-state index in [1.807, 2.05) is 11.1 Å². The lowest BCUT2D eigenvalue weighted by atomic mass is 9.74. The summed E-state index contributed by atoms with van der Waals surface area (Å²) in [5, 5.41) is 7.01. The number of rotatable bonds is 5. The molecule has 9 nitrogen and oxygen atoms in total. The Kier molecular flexibility index (Phi) is 7.41. The highest BCUT2D eigenvalue weighted by molar-refractivity contribution is 5.98. The fourth-order valence-electron chi connectivity index (χ4n) is 7.03. The molecule has 6 aliphatic rings. The summed E-state index contributed by atoms with van der Waals surface area (Å²) in [6, 6.07) is -0.0620. The van der Waals surface area contributed by atoms with Gasteiger partial charge in [0, 0.05) is 62.9 Å². The number of aliphatic imine (C=N–C) groups is 4. The molecule has 6 rings (SSSR count). The highest BCUT2D eigenvalue weighted by Gasteiger charge is 2.47. The molecule has 4 aliphatic heterocycles. The molecule has 0 aromatic heterocycles. The first kappa shape index (κ1) is 26.7. The molecular formula is C27H39F3N8O. The van der Waals surface area contributed by atoms with Crippen LogP contribution in [0.4, 0.5) is 13.2 Å². The van der Waals surface area contributed by atoms with Crippen LogP contribution in [0, 0.1) is 23.7 Å². The lowest BCUT2D eigenvalue weighted by molar-refractivity contribution is -0.134. The van der Waals surface area contributed by atoms with Gasteiger partial charge in [-0.3, -0.25) is 19.7 Å². The summed E-state index contributed by atoms with van der Waals surface area (Å²) >= 11 is 0. The molecule has 2 saturated carbocycles. The second-order valence-electron chi connectivity index (χ2n) is 12.2. The second kappa shape index (κ2) is 10.8. The number of hydrogen-bond acceptors (Lipinski definition) is 6. The first-order valence-electron chi connectivity index (χ1n) is 14.5. The molecule has 2 saturated heterocycles. The van der Waals surface area contributed by atoms with E-state index in [0.29, 0.717) is 17.7 Å². The van der Waals surface area contributed by atoms with Crippen molar-refractivity contribution in [2.75, 3.05) is 32.7 Å². The second-order valence-corrected chi connectivity index (χ2v) is 12.2. The molecule has 214 valence electrons. The molecule has 0 aromatic carbocycles. The summed E-state index contributed by atoms with van der Waals surface area (Å²) in [7, 11) is 0. The normalized spacial score (nSPS) is 38.3. The Morgan fingerprint density at radius 2 is 1.82 bits per heavy atom. The molecule has 0 bridgehead atoms. The molecular weight excluding hydrogens is 509 g/mol. The summed E-state index contributed by atoms with van der Waals surface area (Å²) in [6.45, 7) is 6.11. The zero-order valence-electron chi connectivity index (χ0n) is 22.5. The standard InChI is InChI=1S/C27H39F3N8O/c1-16-23(32-15-33-24(16)27(28,29)30)19-4-5-20-21(13-19)35-26(34-20)36-22-12-17(6-7-31-22)14-37-8-10-38(11-9-37)25(39)18-2-3-18/h7,15-23H,2-6,8-14H2,1H3,(H2,34,35,36). The Labute approximate surface area is 227 Å². The number of fused-ring (bicyclic) bond motifs is 1. The maximum atomic E-state index is 13.4. The van der Waals surface area contributed by atoms with Gasteiger partial charge in [-0.25, -0.2) is 9.98 Å². The minimum Gasteiger partial charge on any atom is -0.352 e. The predicted octanol–water partition coefficient (Wildman–Crippen LogP) is 2.48. The van der Waals surface area contributed by atoms with E-state index in [0.717, 1.165) is 90.0 Å². The van der Waals surface area contributed by atoms with E-state index in [1.54, 1.807) is 6.92 Å². The van der Waals surface area contributed by atoms with E-state index in [2.05, 4.69) is 30.5 Å². The molecule has 1 amide bonds. The van der Waals surface area contributed by atoms with Crippen molar-refractivity contribution in [2.45, 2.75) is 82.3 Å². The third kappa shape index (κ3) is 6.00. The van der Waals surface area contributed by atoms with Crippen molar-refractivity contribution in [3.05, 3.63) is 0 Å². The van der Waals surface area contributed by atoms with E-state index in [4.69, 9.17) is 4.99 Å². The van der Waals surface area contributed by atoms with Gasteiger partial charge in [0.1, 0.15) is 18.2 Å². The highest BCUT2D eigenvalue weighted by atomic mass is 19.4. The predicted molar refractivity (Wildman–Crippen MR) is 144 cm³/mol. The minimum absolute atomic E-state index is 0.0658. The van der Waals surface area contributed by atoms with E-state index < -0.39 is 23.8 Å². The third-order valence-electron chi connectivity index (χ3n) is 9.35. The number of nitrogens with zero attached hydrogens (tertiary/aromatic N) is 6. The number of amides is 1. The van der Waals surface area contributed by atoms with Gasteiger partial charge in [-0.2, -0.15) is 13.2 Å². The first-order valence-corrected chi connectivity index (χ1v) is 14.5. The molecule has 4 heterocycles. The number of alkyl halides is 3. The SMILES string of the molecule is CC1C(C(F)(F)F)=NC=NC1C1CCC2NC(=NC3CC(CN4CCN(C(=O)C5CC5)CC4)CC=N3)NC2C1. The lowest BCUT2D eigenvalue weighted by Crippen LogP contribution is -2.50. The van der Waals surface area contributed by atoms with Crippen LogP contribution >= 0.6 is 0 Å². The van der Waals surface area contributed by atoms with E-state index in [-0.39, 0.29) is 24.2 Å². The Bertz CT molecular complexity index is 1050. The van der Waals surface area contributed by atoms with Crippen LogP contribution in [-0.4, -0.2) is 103 Å². The topological polar surface area (TPSA) is 97.0 Å². The number of hydrogen-bond donors (Lipinski definition) is 2. The zero-order chi connectivity index (χ0) is 27.1. The van der Waals surface area contributed by atoms with Gasteiger partial charge in [0.25, 0.3) is 0 Å². The number of carbonyl (C=O) groups excluding carboxylic acids is 1. The smallest absolute Gasteiger partial charge is 0.352 e. The molecule has 2 N–H and O–H groups in total. The van der Waals surface area contributed by atoms with Gasteiger partial charge < -0.3 is 15.5 Å². The quantitative estimate of drug-likeness (QED) is 0.552. The average Bonchev–Trinajstić information content (AvgIpc) is 3.68. The molecule has 7 unspecified atom stereocenters. The van der Waals surface area contributed by atoms with Crippen LogP contribution in [-0.2, 0) is 4.79 Å². The number of halogens is 3. The maximum absolute atomic E-state index is 13.4. The van der Waals surface area contributed by atoms with Crippen molar-refractivity contribution >= 4 is 30.1 Å². The van der Waals surface area contributed by atoms with Crippen molar-refractivity contribution in [1.29, 1.82) is 0 Å². The van der Waals surface area contributed by atoms with Crippen LogP contribution in [0.25, 0.3) is 0 Å². The molecule has 4 fully saturated rings. The summed E-state index contributed by atoms with van der Waals surface area (Å²) in [4.78, 5) is 34.3.